The van der Waals surface area contributed by atoms with Crippen LogP contribution in [0, 0.1) is 5.92 Å². The number of imidazole rings is 1. The van der Waals surface area contributed by atoms with E-state index in [0.29, 0.717) is 17.6 Å². The number of hydrazine groups is 1. The van der Waals surface area contributed by atoms with Crippen LogP contribution in [0.3, 0.4) is 0 Å². The molecule has 3 rings (SSSR count). The molecule has 6 heteroatoms. The van der Waals surface area contributed by atoms with Crippen molar-refractivity contribution < 1.29 is 0 Å². The van der Waals surface area contributed by atoms with E-state index < -0.39 is 0 Å². The summed E-state index contributed by atoms with van der Waals surface area (Å²) >= 11 is 0. The predicted molar refractivity (Wildman–Crippen MR) is 82.6 cm³/mol. The Bertz CT molecular complexity index is 729. The van der Waals surface area contributed by atoms with Crippen molar-refractivity contribution in [3.63, 3.8) is 0 Å². The molecule has 0 aromatic carbocycles. The maximum absolute atomic E-state index is 5.51. The Morgan fingerprint density at radius 1 is 1.24 bits per heavy atom. The minimum atomic E-state index is 0.513. The number of nitrogens with one attached hydrogen (secondary N) is 1. The first kappa shape index (κ1) is 13.5. The standard InChI is InChI=1S/C15H18N6/c1-10(2)7-11-8-13(20-16)19-15(17-11)12-9-21-6-4-3-5-14(21)18-12/h3-6,8-10H,7,16H2,1-2H3,(H,17,19,20). The molecule has 0 bridgehead atoms. The van der Waals surface area contributed by atoms with E-state index in [1.165, 1.54) is 0 Å². The number of pyridine rings is 1. The van der Waals surface area contributed by atoms with Crippen molar-refractivity contribution in [2.75, 3.05) is 5.43 Å². The molecule has 3 heterocycles. The Morgan fingerprint density at radius 2 is 2.10 bits per heavy atom. The maximum atomic E-state index is 5.51. The van der Waals surface area contributed by atoms with E-state index in [0.717, 1.165) is 23.5 Å². The zero-order valence-electron chi connectivity index (χ0n) is 12.1. The highest BCUT2D eigenvalue weighted by atomic mass is 15.3. The van der Waals surface area contributed by atoms with Crippen LogP contribution >= 0.6 is 0 Å². The zero-order valence-corrected chi connectivity index (χ0v) is 12.1. The molecule has 3 aromatic rings. The molecule has 0 aliphatic rings. The fourth-order valence-corrected chi connectivity index (χ4v) is 2.25. The molecule has 0 saturated heterocycles. The SMILES string of the molecule is CC(C)Cc1cc(NN)nc(-c2cn3ccccc3n2)n1. The Kier molecular flexibility index (Phi) is 3.53. The average molecular weight is 282 g/mol. The van der Waals surface area contributed by atoms with E-state index in [1.807, 2.05) is 41.1 Å². The van der Waals surface area contributed by atoms with Gasteiger partial charge in [0.1, 0.15) is 17.2 Å². The lowest BCUT2D eigenvalue weighted by molar-refractivity contribution is 0.634. The van der Waals surface area contributed by atoms with Crippen LogP contribution in [0.25, 0.3) is 17.2 Å². The number of anilines is 1. The number of nitrogen functional groups attached to an aromatic ring is 1. The summed E-state index contributed by atoms with van der Waals surface area (Å²) in [6.45, 7) is 4.31. The molecular weight excluding hydrogens is 264 g/mol. The molecule has 108 valence electrons. The van der Waals surface area contributed by atoms with Gasteiger partial charge in [-0.05, 0) is 24.5 Å². The van der Waals surface area contributed by atoms with Crippen LogP contribution < -0.4 is 11.3 Å². The summed E-state index contributed by atoms with van der Waals surface area (Å²) in [5.74, 6) is 7.21. The Hall–Kier alpha value is -2.47. The summed E-state index contributed by atoms with van der Waals surface area (Å²) < 4.78 is 1.95. The number of rotatable bonds is 4. The normalized spacial score (nSPS) is 11.2. The first-order chi connectivity index (χ1) is 10.2. The first-order valence-corrected chi connectivity index (χ1v) is 6.94. The van der Waals surface area contributed by atoms with Gasteiger partial charge >= 0.3 is 0 Å². The van der Waals surface area contributed by atoms with E-state index >= 15 is 0 Å². The van der Waals surface area contributed by atoms with Gasteiger partial charge in [-0.15, -0.1) is 0 Å². The summed E-state index contributed by atoms with van der Waals surface area (Å²) in [6, 6.07) is 7.74. The molecule has 0 spiro atoms. The zero-order chi connectivity index (χ0) is 14.8. The second-order valence-electron chi connectivity index (χ2n) is 5.40. The number of hydrogen-bond donors (Lipinski definition) is 2. The number of fused-ring (bicyclic) bond motifs is 1. The van der Waals surface area contributed by atoms with Gasteiger partial charge in [-0.25, -0.2) is 20.8 Å². The highest BCUT2D eigenvalue weighted by molar-refractivity contribution is 5.57. The highest BCUT2D eigenvalue weighted by Gasteiger charge is 2.11. The summed E-state index contributed by atoms with van der Waals surface area (Å²) in [6.07, 6.45) is 4.74. The lowest BCUT2D eigenvalue weighted by Crippen LogP contribution is -2.11. The highest BCUT2D eigenvalue weighted by Crippen LogP contribution is 2.19. The molecule has 0 fully saturated rings. The maximum Gasteiger partial charge on any atom is 0.182 e. The molecule has 0 atom stereocenters. The molecule has 0 radical (unpaired) electrons. The van der Waals surface area contributed by atoms with E-state index in [2.05, 4.69) is 34.2 Å². The van der Waals surface area contributed by atoms with Crippen molar-refractivity contribution in [3.8, 4) is 11.5 Å². The summed E-state index contributed by atoms with van der Waals surface area (Å²) in [5, 5.41) is 0. The average Bonchev–Trinajstić information content (AvgIpc) is 2.90. The van der Waals surface area contributed by atoms with Gasteiger partial charge in [-0.1, -0.05) is 19.9 Å². The molecule has 3 N–H and O–H groups in total. The van der Waals surface area contributed by atoms with Gasteiger partial charge in [0.05, 0.1) is 0 Å². The smallest absolute Gasteiger partial charge is 0.182 e. The fourth-order valence-electron chi connectivity index (χ4n) is 2.25. The number of aromatic nitrogens is 4. The van der Waals surface area contributed by atoms with Crippen LogP contribution in [0.1, 0.15) is 19.5 Å². The van der Waals surface area contributed by atoms with Gasteiger partial charge in [0, 0.05) is 24.2 Å². The van der Waals surface area contributed by atoms with Crippen molar-refractivity contribution >= 4 is 11.5 Å². The second kappa shape index (κ2) is 5.49. The largest absolute Gasteiger partial charge is 0.308 e. The van der Waals surface area contributed by atoms with Crippen LogP contribution in [0.2, 0.25) is 0 Å². The summed E-state index contributed by atoms with van der Waals surface area (Å²) in [5.41, 5.74) is 5.16. The van der Waals surface area contributed by atoms with Crippen molar-refractivity contribution in [3.05, 3.63) is 42.4 Å². The third-order valence-corrected chi connectivity index (χ3v) is 3.14. The van der Waals surface area contributed by atoms with Gasteiger partial charge in [-0.2, -0.15) is 0 Å². The van der Waals surface area contributed by atoms with Crippen molar-refractivity contribution in [2.45, 2.75) is 20.3 Å². The Balaban J connectivity index is 2.07. The van der Waals surface area contributed by atoms with Crippen molar-refractivity contribution in [1.29, 1.82) is 0 Å². The molecule has 0 aliphatic heterocycles. The van der Waals surface area contributed by atoms with Crippen molar-refractivity contribution in [2.24, 2.45) is 11.8 Å². The molecule has 3 aromatic heterocycles. The minimum Gasteiger partial charge on any atom is -0.308 e. The number of nitrogens with two attached hydrogens (primary N) is 1. The first-order valence-electron chi connectivity index (χ1n) is 6.94. The van der Waals surface area contributed by atoms with Gasteiger partial charge in [-0.3, -0.25) is 0 Å². The quantitative estimate of drug-likeness (QED) is 0.566. The molecule has 0 aliphatic carbocycles. The van der Waals surface area contributed by atoms with E-state index in [-0.39, 0.29) is 0 Å². The van der Waals surface area contributed by atoms with Crippen LogP contribution in [-0.4, -0.2) is 19.4 Å². The summed E-state index contributed by atoms with van der Waals surface area (Å²) in [7, 11) is 0. The molecule has 0 amide bonds. The van der Waals surface area contributed by atoms with E-state index in [9.17, 15) is 0 Å². The van der Waals surface area contributed by atoms with Crippen LogP contribution in [0.4, 0.5) is 5.82 Å². The van der Waals surface area contributed by atoms with Crippen molar-refractivity contribution in [1.82, 2.24) is 19.4 Å². The minimum absolute atomic E-state index is 0.513. The van der Waals surface area contributed by atoms with E-state index in [1.54, 1.807) is 0 Å². The van der Waals surface area contributed by atoms with Gasteiger partial charge in [0.15, 0.2) is 5.82 Å². The van der Waals surface area contributed by atoms with Gasteiger partial charge in [0.2, 0.25) is 0 Å². The number of hydrogen-bond acceptors (Lipinski definition) is 5. The predicted octanol–water partition coefficient (Wildman–Crippen LogP) is 2.28. The lowest BCUT2D eigenvalue weighted by atomic mass is 10.1. The fraction of sp³-hybridized carbons (Fsp3) is 0.267. The van der Waals surface area contributed by atoms with Crippen LogP contribution in [-0.2, 0) is 6.42 Å². The number of nitrogens with zero attached hydrogens (tertiary/aromatic N) is 4. The van der Waals surface area contributed by atoms with Gasteiger partial charge in [0.25, 0.3) is 0 Å². The topological polar surface area (TPSA) is 81.1 Å². The third kappa shape index (κ3) is 2.85. The Morgan fingerprint density at radius 3 is 2.81 bits per heavy atom. The second-order valence-corrected chi connectivity index (χ2v) is 5.40. The van der Waals surface area contributed by atoms with Crippen LogP contribution in [0.5, 0.6) is 0 Å². The van der Waals surface area contributed by atoms with Crippen LogP contribution in [0.15, 0.2) is 36.7 Å². The molecule has 0 unspecified atom stereocenters. The van der Waals surface area contributed by atoms with Gasteiger partial charge < -0.3 is 9.83 Å². The monoisotopic (exact) mass is 282 g/mol. The molecule has 6 nitrogen and oxygen atoms in total. The molecule has 0 saturated carbocycles. The molecule has 21 heavy (non-hydrogen) atoms. The molecular formula is C15H18N6. The lowest BCUT2D eigenvalue weighted by Gasteiger charge is -2.08. The summed E-state index contributed by atoms with van der Waals surface area (Å²) in [4.78, 5) is 13.6. The third-order valence-electron chi connectivity index (χ3n) is 3.14. The van der Waals surface area contributed by atoms with E-state index in [4.69, 9.17) is 5.84 Å². The Labute approximate surface area is 123 Å².